The van der Waals surface area contributed by atoms with E-state index >= 15 is 0 Å². The monoisotopic (exact) mass is 261 g/mol. The van der Waals surface area contributed by atoms with Crippen LogP contribution in [0.15, 0.2) is 18.2 Å². The number of hydrogen-bond donors (Lipinski definition) is 2. The quantitative estimate of drug-likeness (QED) is 0.876. The van der Waals surface area contributed by atoms with Crippen molar-refractivity contribution in [3.05, 3.63) is 28.2 Å². The third-order valence-electron chi connectivity index (χ3n) is 1.71. The Morgan fingerprint density at radius 2 is 1.69 bits per heavy atom. The number of halogens is 2. The van der Waals surface area contributed by atoms with Crippen LogP contribution in [0.4, 0.5) is 5.69 Å². The Balaban J connectivity index is 2.59. The van der Waals surface area contributed by atoms with Crippen LogP contribution >= 0.6 is 23.2 Å². The third-order valence-corrected chi connectivity index (χ3v) is 2.15. The topological polar surface area (TPSA) is 66.4 Å². The van der Waals surface area contributed by atoms with Gasteiger partial charge in [0.2, 0.25) is 5.91 Å². The van der Waals surface area contributed by atoms with Gasteiger partial charge in [-0.3, -0.25) is 9.59 Å². The van der Waals surface area contributed by atoms with Gasteiger partial charge in [-0.05, 0) is 18.2 Å². The van der Waals surface area contributed by atoms with Crippen molar-refractivity contribution >= 4 is 40.8 Å². The molecule has 1 aromatic carbocycles. The summed E-state index contributed by atoms with van der Waals surface area (Å²) in [5.41, 5.74) is 0.452. The van der Waals surface area contributed by atoms with Crippen molar-refractivity contribution in [1.82, 2.24) is 0 Å². The SMILES string of the molecule is O=C(O)CCC(=O)Nc1cc(Cl)cc(Cl)c1. The highest BCUT2D eigenvalue weighted by Crippen LogP contribution is 2.22. The summed E-state index contributed by atoms with van der Waals surface area (Å²) >= 11 is 11.5. The number of hydrogen-bond acceptors (Lipinski definition) is 2. The second-order valence-corrected chi connectivity index (χ2v) is 3.97. The van der Waals surface area contributed by atoms with E-state index in [0.717, 1.165) is 0 Å². The molecule has 0 aliphatic heterocycles. The largest absolute Gasteiger partial charge is 0.481 e. The zero-order valence-electron chi connectivity index (χ0n) is 8.17. The van der Waals surface area contributed by atoms with Gasteiger partial charge >= 0.3 is 5.97 Å². The minimum atomic E-state index is -1.01. The number of aliphatic carboxylic acids is 1. The first-order chi connectivity index (χ1) is 7.47. The Hall–Kier alpha value is -1.26. The molecule has 4 nitrogen and oxygen atoms in total. The number of anilines is 1. The molecule has 0 aliphatic rings. The van der Waals surface area contributed by atoms with Gasteiger partial charge in [0.15, 0.2) is 0 Å². The Morgan fingerprint density at radius 1 is 1.12 bits per heavy atom. The second-order valence-electron chi connectivity index (χ2n) is 3.10. The lowest BCUT2D eigenvalue weighted by Crippen LogP contribution is -2.13. The number of nitrogens with one attached hydrogen (secondary N) is 1. The summed E-state index contributed by atoms with van der Waals surface area (Å²) in [6, 6.07) is 4.61. The van der Waals surface area contributed by atoms with E-state index < -0.39 is 5.97 Å². The molecule has 0 aliphatic carbocycles. The average Bonchev–Trinajstić information content (AvgIpc) is 2.12. The van der Waals surface area contributed by atoms with Gasteiger partial charge in [0, 0.05) is 22.2 Å². The van der Waals surface area contributed by atoms with Gasteiger partial charge < -0.3 is 10.4 Å². The van der Waals surface area contributed by atoms with Crippen LogP contribution in [0.3, 0.4) is 0 Å². The van der Waals surface area contributed by atoms with Gasteiger partial charge in [-0.1, -0.05) is 23.2 Å². The molecule has 1 aromatic rings. The molecule has 0 saturated carbocycles. The molecule has 1 amide bonds. The van der Waals surface area contributed by atoms with Gasteiger partial charge in [0.25, 0.3) is 0 Å². The van der Waals surface area contributed by atoms with Crippen LogP contribution in [0.2, 0.25) is 10.0 Å². The smallest absolute Gasteiger partial charge is 0.303 e. The van der Waals surface area contributed by atoms with E-state index in [1.807, 2.05) is 0 Å². The van der Waals surface area contributed by atoms with E-state index in [1.165, 1.54) is 18.2 Å². The van der Waals surface area contributed by atoms with Crippen molar-refractivity contribution < 1.29 is 14.7 Å². The number of carboxylic acids is 1. The number of benzene rings is 1. The lowest BCUT2D eigenvalue weighted by Gasteiger charge is -2.05. The van der Waals surface area contributed by atoms with Gasteiger partial charge in [-0.25, -0.2) is 0 Å². The summed E-state index contributed by atoms with van der Waals surface area (Å²) < 4.78 is 0. The molecule has 0 fully saturated rings. The highest BCUT2D eigenvalue weighted by Gasteiger charge is 2.06. The van der Waals surface area contributed by atoms with Crippen molar-refractivity contribution in [2.75, 3.05) is 5.32 Å². The molecule has 16 heavy (non-hydrogen) atoms. The van der Waals surface area contributed by atoms with Crippen LogP contribution < -0.4 is 5.32 Å². The van der Waals surface area contributed by atoms with Gasteiger partial charge in [-0.15, -0.1) is 0 Å². The molecule has 2 N–H and O–H groups in total. The van der Waals surface area contributed by atoms with Crippen LogP contribution in [-0.2, 0) is 9.59 Å². The fourth-order valence-electron chi connectivity index (χ4n) is 1.07. The maximum Gasteiger partial charge on any atom is 0.303 e. The molecule has 0 bridgehead atoms. The van der Waals surface area contributed by atoms with E-state index in [-0.39, 0.29) is 18.7 Å². The highest BCUT2D eigenvalue weighted by atomic mass is 35.5. The normalized spacial score (nSPS) is 9.88. The summed E-state index contributed by atoms with van der Waals surface area (Å²) in [5.74, 6) is -1.40. The zero-order chi connectivity index (χ0) is 12.1. The summed E-state index contributed by atoms with van der Waals surface area (Å²) in [4.78, 5) is 21.5. The number of carbonyl (C=O) groups excluding carboxylic acids is 1. The lowest BCUT2D eigenvalue weighted by molar-refractivity contribution is -0.138. The minimum absolute atomic E-state index is 0.0839. The summed E-state index contributed by atoms with van der Waals surface area (Å²) in [6.07, 6.45) is -0.292. The third kappa shape index (κ3) is 4.51. The van der Waals surface area contributed by atoms with Gasteiger partial charge in [0.05, 0.1) is 6.42 Å². The van der Waals surface area contributed by atoms with Crippen LogP contribution in [-0.4, -0.2) is 17.0 Å². The van der Waals surface area contributed by atoms with Crippen molar-refractivity contribution in [3.63, 3.8) is 0 Å². The Morgan fingerprint density at radius 3 is 2.19 bits per heavy atom. The number of amides is 1. The van der Waals surface area contributed by atoms with E-state index in [2.05, 4.69) is 5.32 Å². The number of rotatable bonds is 4. The second kappa shape index (κ2) is 5.72. The van der Waals surface area contributed by atoms with E-state index in [9.17, 15) is 9.59 Å². The minimum Gasteiger partial charge on any atom is -0.481 e. The molecule has 0 radical (unpaired) electrons. The molecule has 0 unspecified atom stereocenters. The molecule has 0 aromatic heterocycles. The predicted molar refractivity (Wildman–Crippen MR) is 62.0 cm³/mol. The number of carboxylic acid groups (broad SMARTS) is 1. The van der Waals surface area contributed by atoms with Crippen molar-refractivity contribution in [1.29, 1.82) is 0 Å². The summed E-state index contributed by atoms with van der Waals surface area (Å²) in [6.45, 7) is 0. The molecule has 6 heteroatoms. The maximum absolute atomic E-state index is 11.3. The molecule has 0 saturated heterocycles. The Bertz CT molecular complexity index is 400. The Kier molecular flexibility index (Phi) is 4.58. The van der Waals surface area contributed by atoms with Crippen LogP contribution in [0.1, 0.15) is 12.8 Å². The summed E-state index contributed by atoms with van der Waals surface area (Å²) in [7, 11) is 0. The fourth-order valence-corrected chi connectivity index (χ4v) is 1.60. The highest BCUT2D eigenvalue weighted by molar-refractivity contribution is 6.35. The fraction of sp³-hybridized carbons (Fsp3) is 0.200. The molecule has 1 rings (SSSR count). The van der Waals surface area contributed by atoms with Gasteiger partial charge in [0.1, 0.15) is 0 Å². The first-order valence-electron chi connectivity index (χ1n) is 4.45. The van der Waals surface area contributed by atoms with Crippen LogP contribution in [0.5, 0.6) is 0 Å². The molecular formula is C10H9Cl2NO3. The molecule has 0 spiro atoms. The zero-order valence-corrected chi connectivity index (χ0v) is 9.68. The Labute approximate surface area is 102 Å². The first kappa shape index (κ1) is 12.8. The predicted octanol–water partition coefficient (Wildman–Crippen LogP) is 2.80. The summed E-state index contributed by atoms with van der Waals surface area (Å²) in [5, 5.41) is 11.7. The van der Waals surface area contributed by atoms with Gasteiger partial charge in [-0.2, -0.15) is 0 Å². The number of carbonyl (C=O) groups is 2. The molecular weight excluding hydrogens is 253 g/mol. The van der Waals surface area contributed by atoms with Crippen molar-refractivity contribution in [2.45, 2.75) is 12.8 Å². The van der Waals surface area contributed by atoms with Crippen LogP contribution in [0, 0.1) is 0 Å². The molecule has 0 atom stereocenters. The van der Waals surface area contributed by atoms with Crippen LogP contribution in [0.25, 0.3) is 0 Å². The maximum atomic E-state index is 11.3. The van der Waals surface area contributed by atoms with Crippen molar-refractivity contribution in [2.24, 2.45) is 0 Å². The molecule has 0 heterocycles. The average molecular weight is 262 g/mol. The van der Waals surface area contributed by atoms with E-state index in [4.69, 9.17) is 28.3 Å². The lowest BCUT2D eigenvalue weighted by atomic mass is 10.2. The van der Waals surface area contributed by atoms with Crippen molar-refractivity contribution in [3.8, 4) is 0 Å². The first-order valence-corrected chi connectivity index (χ1v) is 5.20. The van der Waals surface area contributed by atoms with E-state index in [1.54, 1.807) is 0 Å². The van der Waals surface area contributed by atoms with E-state index in [0.29, 0.717) is 15.7 Å². The molecule has 86 valence electrons. The standard InChI is InChI=1S/C10H9Cl2NO3/c11-6-3-7(12)5-8(4-6)13-9(14)1-2-10(15)16/h3-5H,1-2H2,(H,13,14)(H,15,16).